The summed E-state index contributed by atoms with van der Waals surface area (Å²) in [4.78, 5) is 35.1. The lowest BCUT2D eigenvalue weighted by Crippen LogP contribution is -2.47. The quantitative estimate of drug-likeness (QED) is 0.452. The first-order valence-electron chi connectivity index (χ1n) is 11.4. The van der Waals surface area contributed by atoms with E-state index >= 15 is 0 Å². The molecule has 0 atom stereocenters. The van der Waals surface area contributed by atoms with E-state index in [-0.39, 0.29) is 16.7 Å². The van der Waals surface area contributed by atoms with Crippen molar-refractivity contribution in [3.63, 3.8) is 0 Å². The number of carbonyl (C=O) groups excluding carboxylic acids is 1. The van der Waals surface area contributed by atoms with Crippen LogP contribution in [-0.2, 0) is 11.3 Å². The van der Waals surface area contributed by atoms with Gasteiger partial charge in [0, 0.05) is 45.5 Å². The molecule has 8 heteroatoms. The minimum Gasteiger partial charge on any atom is -0.353 e. The summed E-state index contributed by atoms with van der Waals surface area (Å²) in [6.45, 7) is 7.95. The van der Waals surface area contributed by atoms with Crippen LogP contribution in [0.1, 0.15) is 23.6 Å². The second kappa shape index (κ2) is 10.3. The predicted octanol–water partition coefficient (Wildman–Crippen LogP) is 2.37. The van der Waals surface area contributed by atoms with Gasteiger partial charge in [0.15, 0.2) is 0 Å². The third-order valence-corrected chi connectivity index (χ3v) is 5.98. The van der Waals surface area contributed by atoms with Crippen molar-refractivity contribution in [2.24, 2.45) is 0 Å². The number of piperazine rings is 1. The number of aryl methyl sites for hydroxylation is 1. The fraction of sp³-hybridized carbons (Fsp3) is 0.308. The minimum absolute atomic E-state index is 0.114. The molecule has 0 aliphatic carbocycles. The van der Waals surface area contributed by atoms with Crippen LogP contribution in [0.15, 0.2) is 59.0 Å². The second-order valence-corrected chi connectivity index (χ2v) is 8.32. The lowest BCUT2D eigenvalue weighted by molar-refractivity contribution is -0.116. The first-order chi connectivity index (χ1) is 16.5. The van der Waals surface area contributed by atoms with Gasteiger partial charge in [0.1, 0.15) is 23.1 Å². The number of pyridine rings is 1. The van der Waals surface area contributed by atoms with E-state index in [1.54, 1.807) is 19.2 Å². The van der Waals surface area contributed by atoms with E-state index in [0.29, 0.717) is 31.1 Å². The molecule has 174 valence electrons. The molecule has 1 saturated heterocycles. The SMILES string of the molecule is CCNC(=O)C(C#N)=Cc1c(N2CCN(Cc3ccccc3)CC2)nc2c(C)cccn2c1=O. The average molecular weight is 457 g/mol. The summed E-state index contributed by atoms with van der Waals surface area (Å²) in [6, 6.07) is 16.0. The number of hydrogen-bond acceptors (Lipinski definition) is 6. The highest BCUT2D eigenvalue weighted by Crippen LogP contribution is 2.22. The van der Waals surface area contributed by atoms with Crippen LogP contribution in [0.2, 0.25) is 0 Å². The molecule has 1 amide bonds. The summed E-state index contributed by atoms with van der Waals surface area (Å²) in [7, 11) is 0. The van der Waals surface area contributed by atoms with Crippen LogP contribution in [-0.4, -0.2) is 52.9 Å². The van der Waals surface area contributed by atoms with Crippen molar-refractivity contribution >= 4 is 23.4 Å². The van der Waals surface area contributed by atoms with Gasteiger partial charge in [-0.3, -0.25) is 18.9 Å². The molecule has 1 N–H and O–H groups in total. The van der Waals surface area contributed by atoms with E-state index in [2.05, 4.69) is 27.2 Å². The summed E-state index contributed by atoms with van der Waals surface area (Å²) in [5.74, 6) is 0.00748. The largest absolute Gasteiger partial charge is 0.353 e. The highest BCUT2D eigenvalue weighted by molar-refractivity contribution is 6.02. The van der Waals surface area contributed by atoms with E-state index in [9.17, 15) is 14.9 Å². The zero-order chi connectivity index (χ0) is 24.1. The molecule has 1 aliphatic rings. The monoisotopic (exact) mass is 456 g/mol. The van der Waals surface area contributed by atoms with Crippen molar-refractivity contribution in [2.45, 2.75) is 20.4 Å². The molecule has 2 aromatic heterocycles. The zero-order valence-corrected chi connectivity index (χ0v) is 19.5. The number of nitrogens with zero attached hydrogens (tertiary/aromatic N) is 5. The van der Waals surface area contributed by atoms with Gasteiger partial charge in [-0.1, -0.05) is 36.4 Å². The first-order valence-corrected chi connectivity index (χ1v) is 11.4. The third kappa shape index (κ3) is 4.85. The van der Waals surface area contributed by atoms with Crippen LogP contribution in [0.25, 0.3) is 11.7 Å². The molecular weight excluding hydrogens is 428 g/mol. The van der Waals surface area contributed by atoms with E-state index in [1.165, 1.54) is 16.0 Å². The lowest BCUT2D eigenvalue weighted by atomic mass is 10.1. The highest BCUT2D eigenvalue weighted by atomic mass is 16.1. The van der Waals surface area contributed by atoms with Crippen LogP contribution in [0.5, 0.6) is 0 Å². The smallest absolute Gasteiger partial charge is 0.267 e. The van der Waals surface area contributed by atoms with E-state index in [4.69, 9.17) is 4.98 Å². The Morgan fingerprint density at radius 2 is 1.88 bits per heavy atom. The van der Waals surface area contributed by atoms with Gasteiger partial charge in [0.25, 0.3) is 11.5 Å². The molecule has 8 nitrogen and oxygen atoms in total. The molecule has 0 unspecified atom stereocenters. The Labute approximate surface area is 198 Å². The molecule has 3 heterocycles. The predicted molar refractivity (Wildman–Crippen MR) is 132 cm³/mol. The third-order valence-electron chi connectivity index (χ3n) is 5.98. The Balaban J connectivity index is 1.71. The number of hydrogen-bond donors (Lipinski definition) is 1. The van der Waals surface area contributed by atoms with Crippen LogP contribution in [0, 0.1) is 18.3 Å². The Hall–Kier alpha value is -3.96. The minimum atomic E-state index is -0.502. The molecule has 0 spiro atoms. The fourth-order valence-electron chi connectivity index (χ4n) is 4.18. The van der Waals surface area contributed by atoms with Crippen molar-refractivity contribution in [2.75, 3.05) is 37.6 Å². The highest BCUT2D eigenvalue weighted by Gasteiger charge is 2.24. The normalized spacial score (nSPS) is 14.7. The second-order valence-electron chi connectivity index (χ2n) is 8.32. The molecule has 1 aliphatic heterocycles. The number of benzene rings is 1. The van der Waals surface area contributed by atoms with Crippen LogP contribution < -0.4 is 15.8 Å². The standard InChI is InChI=1S/C26H28N6O2/c1-3-28-25(33)21(17-27)16-22-24(29-23-19(2)8-7-11-32(23)26(22)34)31-14-12-30(13-15-31)18-20-9-5-4-6-10-20/h4-11,16H,3,12-15,18H2,1-2H3,(H,28,33). The maximum Gasteiger partial charge on any atom is 0.267 e. The summed E-state index contributed by atoms with van der Waals surface area (Å²) in [5.41, 5.74) is 2.55. The first kappa shape index (κ1) is 23.2. The lowest BCUT2D eigenvalue weighted by Gasteiger charge is -2.36. The number of nitriles is 1. The summed E-state index contributed by atoms with van der Waals surface area (Å²) >= 11 is 0. The Morgan fingerprint density at radius 3 is 2.56 bits per heavy atom. The number of nitrogens with one attached hydrogen (secondary N) is 1. The molecule has 1 aromatic carbocycles. The fourth-order valence-corrected chi connectivity index (χ4v) is 4.18. The molecule has 3 aromatic rings. The van der Waals surface area contributed by atoms with Crippen molar-refractivity contribution in [1.29, 1.82) is 5.26 Å². The Bertz CT molecular complexity index is 1310. The number of aromatic nitrogens is 2. The zero-order valence-electron chi connectivity index (χ0n) is 19.5. The van der Waals surface area contributed by atoms with Gasteiger partial charge >= 0.3 is 0 Å². The number of amides is 1. The average Bonchev–Trinajstić information content (AvgIpc) is 2.85. The number of carbonyl (C=O) groups is 1. The van der Waals surface area contributed by atoms with Gasteiger partial charge in [-0.05, 0) is 37.1 Å². The number of fused-ring (bicyclic) bond motifs is 1. The van der Waals surface area contributed by atoms with Crippen molar-refractivity contribution < 1.29 is 4.79 Å². The summed E-state index contributed by atoms with van der Waals surface area (Å²) in [5, 5.41) is 12.2. The molecular formula is C26H28N6O2. The summed E-state index contributed by atoms with van der Waals surface area (Å²) < 4.78 is 1.48. The van der Waals surface area contributed by atoms with Crippen LogP contribution >= 0.6 is 0 Å². The topological polar surface area (TPSA) is 93.7 Å². The van der Waals surface area contributed by atoms with Crippen molar-refractivity contribution in [3.05, 3.63) is 81.3 Å². The van der Waals surface area contributed by atoms with Gasteiger partial charge in [-0.15, -0.1) is 0 Å². The summed E-state index contributed by atoms with van der Waals surface area (Å²) in [6.07, 6.45) is 3.04. The van der Waals surface area contributed by atoms with Gasteiger partial charge < -0.3 is 10.2 Å². The number of likely N-dealkylation sites (N-methyl/N-ethyl adjacent to an activating group) is 1. The van der Waals surface area contributed by atoms with Crippen molar-refractivity contribution in [1.82, 2.24) is 19.6 Å². The van der Waals surface area contributed by atoms with Gasteiger partial charge in [0.05, 0.1) is 5.56 Å². The van der Waals surface area contributed by atoms with Gasteiger partial charge in [-0.2, -0.15) is 5.26 Å². The Kier molecular flexibility index (Phi) is 7.04. The molecule has 34 heavy (non-hydrogen) atoms. The van der Waals surface area contributed by atoms with Crippen LogP contribution in [0.4, 0.5) is 5.82 Å². The van der Waals surface area contributed by atoms with Gasteiger partial charge in [-0.25, -0.2) is 4.98 Å². The molecule has 0 radical (unpaired) electrons. The molecule has 0 bridgehead atoms. The van der Waals surface area contributed by atoms with E-state index in [1.807, 2.05) is 37.3 Å². The molecule has 4 rings (SSSR count). The maximum absolute atomic E-state index is 13.5. The molecule has 0 saturated carbocycles. The maximum atomic E-state index is 13.5. The van der Waals surface area contributed by atoms with Gasteiger partial charge in [0.2, 0.25) is 0 Å². The number of anilines is 1. The molecule has 1 fully saturated rings. The van der Waals surface area contributed by atoms with Crippen molar-refractivity contribution in [3.8, 4) is 6.07 Å². The number of rotatable bonds is 6. The van der Waals surface area contributed by atoms with E-state index in [0.717, 1.165) is 25.2 Å². The Morgan fingerprint density at radius 1 is 1.15 bits per heavy atom. The van der Waals surface area contributed by atoms with Crippen LogP contribution in [0.3, 0.4) is 0 Å². The van der Waals surface area contributed by atoms with E-state index < -0.39 is 5.91 Å².